The fourth-order valence-corrected chi connectivity index (χ4v) is 2.96. The van der Waals surface area contributed by atoms with Crippen LogP contribution in [-0.4, -0.2) is 19.1 Å². The van der Waals surface area contributed by atoms with E-state index in [1.807, 2.05) is 41.3 Å². The smallest absolute Gasteiger partial charge is 0.258 e. The molecule has 0 fully saturated rings. The summed E-state index contributed by atoms with van der Waals surface area (Å²) >= 11 is 0. The van der Waals surface area contributed by atoms with Gasteiger partial charge in [0.25, 0.3) is 5.91 Å². The molecule has 2 aromatic rings. The van der Waals surface area contributed by atoms with Crippen LogP contribution in [0.5, 0.6) is 5.75 Å². The van der Waals surface area contributed by atoms with Crippen LogP contribution in [0.4, 0.5) is 5.69 Å². The minimum Gasteiger partial charge on any atom is -0.490 e. The summed E-state index contributed by atoms with van der Waals surface area (Å²) in [4.78, 5) is 14.6. The Morgan fingerprint density at radius 3 is 2.90 bits per heavy atom. The van der Waals surface area contributed by atoms with Crippen molar-refractivity contribution >= 4 is 11.6 Å². The number of para-hydroxylation sites is 2. The fourth-order valence-electron chi connectivity index (χ4n) is 2.96. The molecule has 4 heteroatoms. The first-order chi connectivity index (χ1) is 10.3. The molecular formula is C17H16N2O2. The highest BCUT2D eigenvalue weighted by atomic mass is 16.5. The minimum absolute atomic E-state index is 0.0421. The van der Waals surface area contributed by atoms with E-state index in [0.717, 1.165) is 30.1 Å². The maximum absolute atomic E-state index is 12.8. The normalized spacial score (nSPS) is 16.1. The highest BCUT2D eigenvalue weighted by molar-refractivity contribution is 6.07. The van der Waals surface area contributed by atoms with E-state index in [4.69, 9.17) is 4.74 Å². The maximum atomic E-state index is 12.8. The average molecular weight is 280 g/mol. The van der Waals surface area contributed by atoms with E-state index in [0.29, 0.717) is 13.2 Å². The number of ether oxygens (including phenoxy) is 1. The van der Waals surface area contributed by atoms with Crippen LogP contribution in [0.15, 0.2) is 42.5 Å². The molecule has 0 atom stereocenters. The Labute approximate surface area is 123 Å². The number of carbonyl (C=O) groups excluding carboxylic acids is 1. The summed E-state index contributed by atoms with van der Waals surface area (Å²) in [5.41, 5.74) is 4.11. The molecule has 2 aliphatic heterocycles. The van der Waals surface area contributed by atoms with Gasteiger partial charge in [-0.3, -0.25) is 4.79 Å². The lowest BCUT2D eigenvalue weighted by Crippen LogP contribution is -2.37. The summed E-state index contributed by atoms with van der Waals surface area (Å²) in [7, 11) is 0. The van der Waals surface area contributed by atoms with Gasteiger partial charge in [-0.1, -0.05) is 18.2 Å². The fraction of sp³-hybridized carbons (Fsp3) is 0.235. The van der Waals surface area contributed by atoms with Crippen LogP contribution in [0.3, 0.4) is 0 Å². The van der Waals surface area contributed by atoms with Gasteiger partial charge in [0.1, 0.15) is 12.4 Å². The molecule has 0 radical (unpaired) electrons. The van der Waals surface area contributed by atoms with Gasteiger partial charge in [-0.15, -0.1) is 0 Å². The van der Waals surface area contributed by atoms with Gasteiger partial charge in [-0.05, 0) is 35.4 Å². The zero-order valence-electron chi connectivity index (χ0n) is 11.6. The van der Waals surface area contributed by atoms with E-state index in [1.165, 1.54) is 11.1 Å². The second-order valence-corrected chi connectivity index (χ2v) is 5.36. The standard InChI is InChI=1S/C17H16N2O2/c20-17(12-5-6-13-10-18-11-14(13)9-12)19-7-8-21-16-4-2-1-3-15(16)19/h1-6,9,18H,7-8,10-11H2. The number of rotatable bonds is 1. The van der Waals surface area contributed by atoms with Crippen LogP contribution < -0.4 is 15.0 Å². The highest BCUT2D eigenvalue weighted by Gasteiger charge is 2.25. The molecule has 1 N–H and O–H groups in total. The maximum Gasteiger partial charge on any atom is 0.258 e. The first-order valence-electron chi connectivity index (χ1n) is 7.19. The van der Waals surface area contributed by atoms with Crippen LogP contribution in [0.1, 0.15) is 21.5 Å². The van der Waals surface area contributed by atoms with Crippen molar-refractivity contribution in [2.75, 3.05) is 18.1 Å². The largest absolute Gasteiger partial charge is 0.490 e. The Hall–Kier alpha value is -2.33. The van der Waals surface area contributed by atoms with Gasteiger partial charge in [0.2, 0.25) is 0 Å². The molecule has 0 bridgehead atoms. The molecule has 1 amide bonds. The number of hydrogen-bond acceptors (Lipinski definition) is 3. The monoisotopic (exact) mass is 280 g/mol. The van der Waals surface area contributed by atoms with Crippen LogP contribution >= 0.6 is 0 Å². The number of hydrogen-bond donors (Lipinski definition) is 1. The Balaban J connectivity index is 1.70. The van der Waals surface area contributed by atoms with Crippen molar-refractivity contribution in [1.29, 1.82) is 0 Å². The second kappa shape index (κ2) is 4.90. The molecule has 2 aliphatic rings. The lowest BCUT2D eigenvalue weighted by molar-refractivity contribution is 0.0976. The third-order valence-electron chi connectivity index (χ3n) is 4.06. The van der Waals surface area contributed by atoms with Crippen LogP contribution in [0.25, 0.3) is 0 Å². The summed E-state index contributed by atoms with van der Waals surface area (Å²) in [6, 6.07) is 13.7. The first-order valence-corrected chi connectivity index (χ1v) is 7.19. The van der Waals surface area contributed by atoms with Gasteiger partial charge in [-0.2, -0.15) is 0 Å². The van der Waals surface area contributed by atoms with E-state index in [9.17, 15) is 4.79 Å². The molecular weight excluding hydrogens is 264 g/mol. The summed E-state index contributed by atoms with van der Waals surface area (Å²) in [6.07, 6.45) is 0. The van der Waals surface area contributed by atoms with E-state index in [1.54, 1.807) is 0 Å². The Morgan fingerprint density at radius 1 is 1.10 bits per heavy atom. The van der Waals surface area contributed by atoms with E-state index in [-0.39, 0.29) is 5.91 Å². The van der Waals surface area contributed by atoms with Crippen LogP contribution in [0, 0.1) is 0 Å². The van der Waals surface area contributed by atoms with Crippen molar-refractivity contribution < 1.29 is 9.53 Å². The number of anilines is 1. The second-order valence-electron chi connectivity index (χ2n) is 5.36. The molecule has 4 rings (SSSR count). The molecule has 0 spiro atoms. The quantitative estimate of drug-likeness (QED) is 0.871. The summed E-state index contributed by atoms with van der Waals surface area (Å²) in [6.45, 7) is 2.86. The molecule has 0 aliphatic carbocycles. The van der Waals surface area contributed by atoms with Crippen molar-refractivity contribution in [3.05, 3.63) is 59.2 Å². The van der Waals surface area contributed by atoms with E-state index in [2.05, 4.69) is 11.4 Å². The third-order valence-corrected chi connectivity index (χ3v) is 4.06. The van der Waals surface area contributed by atoms with Crippen LogP contribution in [-0.2, 0) is 13.1 Å². The zero-order chi connectivity index (χ0) is 14.2. The number of carbonyl (C=O) groups is 1. The molecule has 0 saturated carbocycles. The number of benzene rings is 2. The lowest BCUT2D eigenvalue weighted by Gasteiger charge is -2.29. The van der Waals surface area contributed by atoms with Crippen molar-refractivity contribution in [3.63, 3.8) is 0 Å². The van der Waals surface area contributed by atoms with Crippen molar-refractivity contribution in [2.24, 2.45) is 0 Å². The Morgan fingerprint density at radius 2 is 1.95 bits per heavy atom. The molecule has 4 nitrogen and oxygen atoms in total. The van der Waals surface area contributed by atoms with Crippen LogP contribution in [0.2, 0.25) is 0 Å². The molecule has 21 heavy (non-hydrogen) atoms. The number of amides is 1. The molecule has 0 unspecified atom stereocenters. The summed E-state index contributed by atoms with van der Waals surface area (Å²) in [5, 5.41) is 3.30. The number of nitrogens with one attached hydrogen (secondary N) is 1. The van der Waals surface area contributed by atoms with Gasteiger partial charge >= 0.3 is 0 Å². The first kappa shape index (κ1) is 12.4. The third kappa shape index (κ3) is 2.08. The zero-order valence-corrected chi connectivity index (χ0v) is 11.6. The Bertz CT molecular complexity index is 712. The molecule has 2 aromatic carbocycles. The van der Waals surface area contributed by atoms with Gasteiger partial charge in [0.05, 0.1) is 12.2 Å². The molecule has 0 aromatic heterocycles. The number of nitrogens with zero attached hydrogens (tertiary/aromatic N) is 1. The SMILES string of the molecule is O=C(c1ccc2c(c1)CNC2)N1CCOc2ccccc21. The highest BCUT2D eigenvalue weighted by Crippen LogP contribution is 2.32. The van der Waals surface area contributed by atoms with Crippen molar-refractivity contribution in [1.82, 2.24) is 5.32 Å². The Kier molecular flexibility index (Phi) is 2.89. The van der Waals surface area contributed by atoms with Gasteiger partial charge < -0.3 is 15.0 Å². The lowest BCUT2D eigenvalue weighted by atomic mass is 10.0. The van der Waals surface area contributed by atoms with Gasteiger partial charge in [0, 0.05) is 18.7 Å². The molecule has 106 valence electrons. The van der Waals surface area contributed by atoms with E-state index < -0.39 is 0 Å². The van der Waals surface area contributed by atoms with E-state index >= 15 is 0 Å². The molecule has 0 saturated heterocycles. The summed E-state index contributed by atoms with van der Waals surface area (Å²) in [5.74, 6) is 0.820. The predicted molar refractivity (Wildman–Crippen MR) is 80.6 cm³/mol. The molecule has 2 heterocycles. The topological polar surface area (TPSA) is 41.6 Å². The average Bonchev–Trinajstić information content (AvgIpc) is 3.01. The number of fused-ring (bicyclic) bond motifs is 2. The predicted octanol–water partition coefficient (Wildman–Crippen LogP) is 2.33. The van der Waals surface area contributed by atoms with Gasteiger partial charge in [-0.25, -0.2) is 0 Å². The van der Waals surface area contributed by atoms with Crippen molar-refractivity contribution in [3.8, 4) is 5.75 Å². The summed E-state index contributed by atoms with van der Waals surface area (Å²) < 4.78 is 5.61. The van der Waals surface area contributed by atoms with Gasteiger partial charge in [0.15, 0.2) is 0 Å². The van der Waals surface area contributed by atoms with Crippen molar-refractivity contribution in [2.45, 2.75) is 13.1 Å². The minimum atomic E-state index is 0.0421.